The van der Waals surface area contributed by atoms with Gasteiger partial charge in [-0.25, -0.2) is 0 Å². The van der Waals surface area contributed by atoms with Crippen molar-refractivity contribution in [3.05, 3.63) is 28.3 Å². The van der Waals surface area contributed by atoms with Gasteiger partial charge in [0.15, 0.2) is 0 Å². The summed E-state index contributed by atoms with van der Waals surface area (Å²) in [7, 11) is 0. The Bertz CT molecular complexity index is 374. The van der Waals surface area contributed by atoms with Gasteiger partial charge < -0.3 is 5.11 Å². The fourth-order valence-electron chi connectivity index (χ4n) is 1.52. The molecule has 88 valence electrons. The Kier molecular flexibility index (Phi) is 5.33. The predicted octanol–water partition coefficient (Wildman–Crippen LogP) is 3.83. The van der Waals surface area contributed by atoms with E-state index in [4.69, 9.17) is 11.6 Å². The van der Waals surface area contributed by atoms with E-state index in [1.54, 1.807) is 12.3 Å². The highest BCUT2D eigenvalue weighted by Gasteiger charge is 2.07. The molecule has 1 rings (SSSR count). The third-order valence-corrected chi connectivity index (χ3v) is 2.61. The van der Waals surface area contributed by atoms with Crippen LogP contribution in [0.4, 0.5) is 0 Å². The van der Waals surface area contributed by atoms with Gasteiger partial charge in [-0.05, 0) is 37.5 Å². The molecule has 0 aliphatic heterocycles. The maximum absolute atomic E-state index is 10.0. The monoisotopic (exact) mass is 239 g/mol. The van der Waals surface area contributed by atoms with Crippen LogP contribution in [0.2, 0.25) is 5.02 Å². The van der Waals surface area contributed by atoms with Crippen LogP contribution in [0.25, 0.3) is 0 Å². The van der Waals surface area contributed by atoms with Crippen molar-refractivity contribution in [2.75, 3.05) is 6.54 Å². The van der Waals surface area contributed by atoms with Crippen LogP contribution in [0.3, 0.4) is 0 Å². The highest BCUT2D eigenvalue weighted by molar-refractivity contribution is 6.31. The number of aliphatic imine (C=N–C) groups is 1. The summed E-state index contributed by atoms with van der Waals surface area (Å²) in [5, 5.41) is 10.7. The zero-order valence-electron chi connectivity index (χ0n) is 9.83. The maximum atomic E-state index is 10.0. The van der Waals surface area contributed by atoms with E-state index in [1.807, 2.05) is 13.0 Å². The topological polar surface area (TPSA) is 32.6 Å². The number of hydrogen-bond acceptors (Lipinski definition) is 2. The van der Waals surface area contributed by atoms with Crippen LogP contribution in [-0.4, -0.2) is 17.9 Å². The van der Waals surface area contributed by atoms with E-state index < -0.39 is 0 Å². The van der Waals surface area contributed by atoms with Crippen LogP contribution in [0.15, 0.2) is 17.1 Å². The molecule has 0 amide bonds. The molecule has 0 atom stereocenters. The largest absolute Gasteiger partial charge is 0.507 e. The van der Waals surface area contributed by atoms with Crippen molar-refractivity contribution in [2.24, 2.45) is 4.99 Å². The summed E-state index contributed by atoms with van der Waals surface area (Å²) in [5.74, 6) is 0.315. The van der Waals surface area contributed by atoms with E-state index in [0.717, 1.165) is 24.8 Å². The normalized spacial score (nSPS) is 11.2. The lowest BCUT2D eigenvalue weighted by Crippen LogP contribution is -1.92. The summed E-state index contributed by atoms with van der Waals surface area (Å²) in [6, 6.07) is 3.57. The summed E-state index contributed by atoms with van der Waals surface area (Å²) in [6.45, 7) is 4.79. The number of halogens is 1. The second kappa shape index (κ2) is 6.54. The first kappa shape index (κ1) is 13.0. The van der Waals surface area contributed by atoms with Gasteiger partial charge in [-0.3, -0.25) is 4.99 Å². The number of phenolic OH excluding ortho intramolecular Hbond substituents is 1. The molecule has 3 heteroatoms. The van der Waals surface area contributed by atoms with Crippen LogP contribution in [0.5, 0.6) is 5.75 Å². The van der Waals surface area contributed by atoms with Gasteiger partial charge in [0.25, 0.3) is 0 Å². The van der Waals surface area contributed by atoms with Crippen molar-refractivity contribution in [2.45, 2.75) is 33.1 Å². The lowest BCUT2D eigenvalue weighted by atomic mass is 10.0. The number of aryl methyl sites for hydroxylation is 1. The lowest BCUT2D eigenvalue weighted by molar-refractivity contribution is 0.466. The minimum Gasteiger partial charge on any atom is -0.507 e. The average molecular weight is 240 g/mol. The molecule has 0 saturated heterocycles. The first-order valence-corrected chi connectivity index (χ1v) is 6.08. The van der Waals surface area contributed by atoms with Crippen molar-refractivity contribution in [3.63, 3.8) is 0 Å². The molecule has 16 heavy (non-hydrogen) atoms. The van der Waals surface area contributed by atoms with Crippen molar-refractivity contribution in [1.82, 2.24) is 0 Å². The van der Waals surface area contributed by atoms with Crippen LogP contribution >= 0.6 is 11.6 Å². The van der Waals surface area contributed by atoms with Gasteiger partial charge in [0.05, 0.1) is 0 Å². The van der Waals surface area contributed by atoms with E-state index in [9.17, 15) is 5.11 Å². The molecule has 1 aromatic rings. The van der Waals surface area contributed by atoms with E-state index in [1.165, 1.54) is 0 Å². The molecule has 0 heterocycles. The molecule has 0 fully saturated rings. The zero-order chi connectivity index (χ0) is 12.0. The smallest absolute Gasteiger partial charge is 0.127 e. The molecule has 0 unspecified atom stereocenters. The number of nitrogens with zero attached hydrogens (tertiary/aromatic N) is 1. The molecule has 2 nitrogen and oxygen atoms in total. The van der Waals surface area contributed by atoms with Gasteiger partial charge in [0.2, 0.25) is 0 Å². The Labute approximate surface area is 102 Å². The zero-order valence-corrected chi connectivity index (χ0v) is 10.6. The molecular weight excluding hydrogens is 222 g/mol. The third-order valence-electron chi connectivity index (χ3n) is 2.40. The molecule has 0 aliphatic carbocycles. The highest BCUT2D eigenvalue weighted by atomic mass is 35.5. The Morgan fingerprint density at radius 2 is 2.12 bits per heavy atom. The number of phenols is 1. The van der Waals surface area contributed by atoms with Gasteiger partial charge in [0, 0.05) is 23.3 Å². The first-order chi connectivity index (χ1) is 7.69. The minimum atomic E-state index is 0.315. The van der Waals surface area contributed by atoms with Crippen LogP contribution in [-0.2, 0) is 6.42 Å². The van der Waals surface area contributed by atoms with Gasteiger partial charge in [-0.15, -0.1) is 0 Å². The SMILES string of the molecule is CCCCc1cc(Cl)cc(C=NCC)c1O. The van der Waals surface area contributed by atoms with Crippen molar-refractivity contribution in [1.29, 1.82) is 0 Å². The van der Waals surface area contributed by atoms with Crippen LogP contribution < -0.4 is 0 Å². The Hall–Kier alpha value is -1.02. The summed E-state index contributed by atoms with van der Waals surface area (Å²) in [5.41, 5.74) is 1.62. The van der Waals surface area contributed by atoms with Gasteiger partial charge in [-0.2, -0.15) is 0 Å². The van der Waals surface area contributed by atoms with E-state index >= 15 is 0 Å². The second-order valence-electron chi connectivity index (χ2n) is 3.73. The lowest BCUT2D eigenvalue weighted by Gasteiger charge is -2.07. The second-order valence-corrected chi connectivity index (χ2v) is 4.17. The maximum Gasteiger partial charge on any atom is 0.127 e. The predicted molar refractivity (Wildman–Crippen MR) is 69.9 cm³/mol. The summed E-state index contributed by atoms with van der Waals surface area (Å²) in [4.78, 5) is 4.12. The van der Waals surface area contributed by atoms with E-state index in [2.05, 4.69) is 11.9 Å². The standard InChI is InChI=1S/C13H18ClNO/c1-3-5-6-10-7-12(14)8-11(13(10)16)9-15-4-2/h7-9,16H,3-6H2,1-2H3. The number of unbranched alkanes of at least 4 members (excludes halogenated alkanes) is 1. The number of aromatic hydroxyl groups is 1. The van der Waals surface area contributed by atoms with Gasteiger partial charge >= 0.3 is 0 Å². The minimum absolute atomic E-state index is 0.315. The number of benzene rings is 1. The molecule has 0 spiro atoms. The Morgan fingerprint density at radius 1 is 1.38 bits per heavy atom. The van der Waals surface area contributed by atoms with Crippen molar-refractivity contribution < 1.29 is 5.11 Å². The van der Waals surface area contributed by atoms with Gasteiger partial charge in [0.1, 0.15) is 5.75 Å². The Morgan fingerprint density at radius 3 is 2.75 bits per heavy atom. The summed E-state index contributed by atoms with van der Waals surface area (Å²) < 4.78 is 0. The summed E-state index contributed by atoms with van der Waals surface area (Å²) in [6.07, 6.45) is 4.69. The fourth-order valence-corrected chi connectivity index (χ4v) is 1.77. The van der Waals surface area contributed by atoms with Gasteiger partial charge in [-0.1, -0.05) is 24.9 Å². The number of rotatable bonds is 5. The van der Waals surface area contributed by atoms with Crippen molar-refractivity contribution in [3.8, 4) is 5.75 Å². The molecule has 1 aromatic carbocycles. The molecule has 0 saturated carbocycles. The summed E-state index contributed by atoms with van der Waals surface area (Å²) >= 11 is 6.01. The highest BCUT2D eigenvalue weighted by Crippen LogP contribution is 2.27. The molecule has 0 aromatic heterocycles. The van der Waals surface area contributed by atoms with Crippen molar-refractivity contribution >= 4 is 17.8 Å². The molecular formula is C13H18ClNO. The molecule has 0 aliphatic rings. The van der Waals surface area contributed by atoms with E-state index in [0.29, 0.717) is 22.9 Å². The quantitative estimate of drug-likeness (QED) is 0.779. The molecule has 0 bridgehead atoms. The van der Waals surface area contributed by atoms with Crippen LogP contribution in [0.1, 0.15) is 37.8 Å². The average Bonchev–Trinajstić information content (AvgIpc) is 2.28. The third kappa shape index (κ3) is 3.53. The fraction of sp³-hybridized carbons (Fsp3) is 0.462. The molecule has 0 radical (unpaired) electrons. The molecule has 1 N–H and O–H groups in total. The number of hydrogen-bond donors (Lipinski definition) is 1. The first-order valence-electron chi connectivity index (χ1n) is 5.70. The van der Waals surface area contributed by atoms with Crippen LogP contribution in [0, 0.1) is 0 Å². The van der Waals surface area contributed by atoms with E-state index in [-0.39, 0.29) is 0 Å². The Balaban J connectivity index is 3.00.